The lowest BCUT2D eigenvalue weighted by atomic mass is 9.90. The number of carbonyl (C=O) groups excluding carboxylic acids is 1. The monoisotopic (exact) mass is 460 g/mol. The summed E-state index contributed by atoms with van der Waals surface area (Å²) in [5.74, 6) is -0.826. The van der Waals surface area contributed by atoms with Crippen LogP contribution in [0.5, 0.6) is 0 Å². The molecule has 1 aliphatic heterocycles. The predicted octanol–water partition coefficient (Wildman–Crippen LogP) is 3.74. The van der Waals surface area contributed by atoms with Gasteiger partial charge < -0.3 is 15.3 Å². The molecule has 0 radical (unpaired) electrons. The zero-order chi connectivity index (χ0) is 23.8. The normalized spacial score (nSPS) is 16.8. The first-order valence-corrected chi connectivity index (χ1v) is 10.3. The number of nitrogens with one attached hydrogen (secondary N) is 2. The van der Waals surface area contributed by atoms with E-state index in [-0.39, 0.29) is 11.6 Å². The summed E-state index contributed by atoms with van der Waals surface area (Å²) in [4.78, 5) is 22.5. The minimum atomic E-state index is -4.76. The molecule has 33 heavy (non-hydrogen) atoms. The van der Waals surface area contributed by atoms with Crippen LogP contribution in [0.3, 0.4) is 0 Å². The van der Waals surface area contributed by atoms with Crippen molar-refractivity contribution in [2.75, 3.05) is 23.3 Å². The van der Waals surface area contributed by atoms with Gasteiger partial charge in [0.15, 0.2) is 5.69 Å². The van der Waals surface area contributed by atoms with Crippen LogP contribution in [0.25, 0.3) is 11.3 Å². The maximum Gasteiger partial charge on any atom is 0.435 e. The summed E-state index contributed by atoms with van der Waals surface area (Å²) in [5, 5.41) is 19.1. The number of aromatic nitrogens is 4. The standard InChI is InChI=1S/C22H23F3N6O2/c1-21(2,33)14-6-7-31(12-14)15-8-18(19(26-11-15)22(23,24)25)30-20(32)17-5-3-4-16(29-17)13-9-27-28-10-13/h3-5,8-11,14,33H,6-7,12H2,1-2H3,(H,27,28)(H,30,32)/t14-/m1/s1. The van der Waals surface area contributed by atoms with Gasteiger partial charge in [0.25, 0.3) is 5.91 Å². The fraction of sp³-hybridized carbons (Fsp3) is 0.364. The number of amides is 1. The molecule has 0 unspecified atom stereocenters. The highest BCUT2D eigenvalue weighted by atomic mass is 19.4. The van der Waals surface area contributed by atoms with Gasteiger partial charge in [-0.25, -0.2) is 9.97 Å². The molecule has 3 aromatic heterocycles. The summed E-state index contributed by atoms with van der Waals surface area (Å²) in [6.45, 7) is 4.45. The van der Waals surface area contributed by atoms with Crippen molar-refractivity contribution < 1.29 is 23.1 Å². The Kier molecular flexibility index (Phi) is 5.83. The Hall–Kier alpha value is -3.47. The Bertz CT molecular complexity index is 1140. The Morgan fingerprint density at radius 3 is 2.70 bits per heavy atom. The third-order valence-corrected chi connectivity index (χ3v) is 5.72. The molecule has 1 aliphatic rings. The van der Waals surface area contributed by atoms with E-state index in [0.717, 1.165) is 6.20 Å². The van der Waals surface area contributed by atoms with Gasteiger partial charge in [0.05, 0.1) is 35.1 Å². The molecular weight excluding hydrogens is 437 g/mol. The molecule has 1 saturated heterocycles. The van der Waals surface area contributed by atoms with Crippen LogP contribution in [-0.4, -0.2) is 49.9 Å². The SMILES string of the molecule is CC(C)(O)[C@@H]1CCN(c2cnc(C(F)(F)F)c(NC(=O)c3cccc(-c4cn[nH]c4)n3)c2)C1. The third kappa shape index (κ3) is 4.98. The quantitative estimate of drug-likeness (QED) is 0.536. The largest absolute Gasteiger partial charge is 0.435 e. The summed E-state index contributed by atoms with van der Waals surface area (Å²) in [5.41, 5.74) is -1.07. The molecule has 1 atom stereocenters. The van der Waals surface area contributed by atoms with E-state index in [4.69, 9.17) is 0 Å². The number of pyridine rings is 2. The minimum absolute atomic E-state index is 0.0345. The van der Waals surface area contributed by atoms with E-state index in [2.05, 4.69) is 25.5 Å². The number of alkyl halides is 3. The van der Waals surface area contributed by atoms with Gasteiger partial charge in [-0.1, -0.05) is 6.07 Å². The number of rotatable bonds is 5. The summed E-state index contributed by atoms with van der Waals surface area (Å²) < 4.78 is 40.8. The van der Waals surface area contributed by atoms with Crippen molar-refractivity contribution in [1.29, 1.82) is 0 Å². The Labute approximate surface area is 187 Å². The van der Waals surface area contributed by atoms with Crippen LogP contribution in [0.2, 0.25) is 0 Å². The molecule has 8 nitrogen and oxygen atoms in total. The van der Waals surface area contributed by atoms with Crippen molar-refractivity contribution in [2.45, 2.75) is 32.0 Å². The van der Waals surface area contributed by atoms with Crippen LogP contribution in [-0.2, 0) is 6.18 Å². The fourth-order valence-electron chi connectivity index (χ4n) is 3.82. The Morgan fingerprint density at radius 1 is 1.27 bits per heavy atom. The lowest BCUT2D eigenvalue weighted by Crippen LogP contribution is -2.33. The summed E-state index contributed by atoms with van der Waals surface area (Å²) in [7, 11) is 0. The maximum atomic E-state index is 13.6. The molecule has 0 aromatic carbocycles. The van der Waals surface area contributed by atoms with Gasteiger partial charge in [0.2, 0.25) is 0 Å². The van der Waals surface area contributed by atoms with Gasteiger partial charge in [0, 0.05) is 30.8 Å². The summed E-state index contributed by atoms with van der Waals surface area (Å²) in [6, 6.07) is 5.93. The molecule has 0 aliphatic carbocycles. The molecule has 4 rings (SSSR count). The van der Waals surface area contributed by atoms with Gasteiger partial charge in [-0.3, -0.25) is 9.89 Å². The molecular formula is C22H23F3N6O2. The lowest BCUT2D eigenvalue weighted by molar-refractivity contribution is -0.140. The molecule has 0 saturated carbocycles. The van der Waals surface area contributed by atoms with Crippen LogP contribution >= 0.6 is 0 Å². The molecule has 11 heteroatoms. The van der Waals surface area contributed by atoms with E-state index in [9.17, 15) is 23.1 Å². The molecule has 3 N–H and O–H groups in total. The number of nitrogens with zero attached hydrogens (tertiary/aromatic N) is 4. The van der Waals surface area contributed by atoms with E-state index < -0.39 is 29.1 Å². The zero-order valence-corrected chi connectivity index (χ0v) is 18.0. The van der Waals surface area contributed by atoms with Crippen molar-refractivity contribution in [3.63, 3.8) is 0 Å². The Morgan fingerprint density at radius 2 is 2.06 bits per heavy atom. The highest BCUT2D eigenvalue weighted by Crippen LogP contribution is 2.37. The van der Waals surface area contributed by atoms with Gasteiger partial charge in [-0.2, -0.15) is 18.3 Å². The second kappa shape index (κ2) is 8.47. The minimum Gasteiger partial charge on any atom is -0.390 e. The van der Waals surface area contributed by atoms with E-state index in [1.54, 1.807) is 32.2 Å². The first-order valence-electron chi connectivity index (χ1n) is 10.3. The number of hydrogen-bond acceptors (Lipinski definition) is 6. The average molecular weight is 460 g/mol. The predicted molar refractivity (Wildman–Crippen MR) is 116 cm³/mol. The third-order valence-electron chi connectivity index (χ3n) is 5.72. The fourth-order valence-corrected chi connectivity index (χ4v) is 3.82. The number of carbonyl (C=O) groups is 1. The lowest BCUT2D eigenvalue weighted by Gasteiger charge is -2.26. The number of aromatic amines is 1. The summed E-state index contributed by atoms with van der Waals surface area (Å²) in [6.07, 6.45) is 0.195. The smallest absolute Gasteiger partial charge is 0.390 e. The van der Waals surface area contributed by atoms with E-state index in [0.29, 0.717) is 36.5 Å². The second-order valence-corrected chi connectivity index (χ2v) is 8.52. The number of anilines is 2. The van der Waals surface area contributed by atoms with Crippen LogP contribution in [0.4, 0.5) is 24.5 Å². The first kappa shape index (κ1) is 22.7. The van der Waals surface area contributed by atoms with Crippen LogP contribution in [0.15, 0.2) is 42.9 Å². The van der Waals surface area contributed by atoms with E-state index in [1.807, 2.05) is 4.90 Å². The number of halogens is 3. The Balaban J connectivity index is 1.61. The summed E-state index contributed by atoms with van der Waals surface area (Å²) >= 11 is 0. The van der Waals surface area contributed by atoms with Gasteiger partial charge >= 0.3 is 6.18 Å². The first-order chi connectivity index (χ1) is 15.5. The number of aliphatic hydroxyl groups is 1. The van der Waals surface area contributed by atoms with Gasteiger partial charge in [-0.15, -0.1) is 0 Å². The van der Waals surface area contributed by atoms with E-state index >= 15 is 0 Å². The van der Waals surface area contributed by atoms with Crippen LogP contribution in [0.1, 0.15) is 36.5 Å². The number of hydrogen-bond donors (Lipinski definition) is 3. The molecule has 174 valence electrons. The van der Waals surface area contributed by atoms with Gasteiger partial charge in [0.1, 0.15) is 5.69 Å². The topological polar surface area (TPSA) is 107 Å². The molecule has 0 spiro atoms. The van der Waals surface area contributed by atoms with E-state index in [1.165, 1.54) is 18.3 Å². The zero-order valence-electron chi connectivity index (χ0n) is 18.0. The van der Waals surface area contributed by atoms with Crippen molar-refractivity contribution >= 4 is 17.3 Å². The van der Waals surface area contributed by atoms with Crippen molar-refractivity contribution in [2.24, 2.45) is 5.92 Å². The highest BCUT2D eigenvalue weighted by molar-refractivity contribution is 6.03. The maximum absolute atomic E-state index is 13.6. The van der Waals surface area contributed by atoms with Crippen molar-refractivity contribution in [1.82, 2.24) is 20.2 Å². The second-order valence-electron chi connectivity index (χ2n) is 8.52. The van der Waals surface area contributed by atoms with Crippen LogP contribution < -0.4 is 10.2 Å². The molecule has 1 amide bonds. The average Bonchev–Trinajstić information content (AvgIpc) is 3.45. The molecule has 4 heterocycles. The van der Waals surface area contributed by atoms with Crippen molar-refractivity contribution in [3.8, 4) is 11.3 Å². The molecule has 1 fully saturated rings. The molecule has 0 bridgehead atoms. The molecule has 3 aromatic rings. The van der Waals surface area contributed by atoms with Gasteiger partial charge in [-0.05, 0) is 38.5 Å². The number of H-pyrrole nitrogens is 1. The highest BCUT2D eigenvalue weighted by Gasteiger charge is 2.38. The van der Waals surface area contributed by atoms with Crippen molar-refractivity contribution in [3.05, 3.63) is 54.2 Å². The van der Waals surface area contributed by atoms with Crippen LogP contribution in [0, 0.1) is 5.92 Å².